The van der Waals surface area contributed by atoms with Gasteiger partial charge in [-0.05, 0) is 35.9 Å². The smallest absolute Gasteiger partial charge is 0.251 e. The van der Waals surface area contributed by atoms with Crippen LogP contribution in [0.2, 0.25) is 5.02 Å². The molecule has 2 N–H and O–H groups in total. The maximum atomic E-state index is 13.5. The third-order valence-corrected chi connectivity index (χ3v) is 3.33. The van der Waals surface area contributed by atoms with Crippen molar-refractivity contribution in [3.05, 3.63) is 70.0 Å². The van der Waals surface area contributed by atoms with Crippen LogP contribution in [0.4, 0.5) is 4.39 Å². The Morgan fingerprint density at radius 2 is 1.86 bits per heavy atom. The Kier molecular flexibility index (Phi) is 5.31. The predicted molar refractivity (Wildman–Crippen MR) is 81.8 cm³/mol. The summed E-state index contributed by atoms with van der Waals surface area (Å²) in [5.74, 6) is -0.391. The number of rotatable bonds is 5. The van der Waals surface area contributed by atoms with Crippen LogP contribution in [-0.4, -0.2) is 13.0 Å². The largest absolute Gasteiger partial charge is 0.355 e. The van der Waals surface area contributed by atoms with Gasteiger partial charge in [0.25, 0.3) is 5.91 Å². The predicted octanol–water partition coefficient (Wildman–Crippen LogP) is 3.13. The first-order chi connectivity index (χ1) is 10.1. The molecule has 0 atom stereocenters. The van der Waals surface area contributed by atoms with Crippen molar-refractivity contribution in [2.24, 2.45) is 0 Å². The van der Waals surface area contributed by atoms with Crippen LogP contribution in [0.5, 0.6) is 0 Å². The highest BCUT2D eigenvalue weighted by atomic mass is 35.5. The average molecular weight is 307 g/mol. The molecule has 0 saturated heterocycles. The fourth-order valence-corrected chi connectivity index (χ4v) is 2.13. The van der Waals surface area contributed by atoms with Gasteiger partial charge in [0.2, 0.25) is 0 Å². The summed E-state index contributed by atoms with van der Waals surface area (Å²) >= 11 is 5.84. The van der Waals surface area contributed by atoms with Gasteiger partial charge in [0.1, 0.15) is 5.82 Å². The van der Waals surface area contributed by atoms with Crippen LogP contribution in [0.3, 0.4) is 0 Å². The minimum Gasteiger partial charge on any atom is -0.355 e. The minimum atomic E-state index is -0.276. The van der Waals surface area contributed by atoms with E-state index in [-0.39, 0.29) is 11.7 Å². The number of amides is 1. The number of hydrogen-bond acceptors (Lipinski definition) is 2. The summed E-state index contributed by atoms with van der Waals surface area (Å²) in [6, 6.07) is 11.7. The van der Waals surface area contributed by atoms with Gasteiger partial charge in [-0.25, -0.2) is 4.39 Å². The van der Waals surface area contributed by atoms with Crippen LogP contribution < -0.4 is 10.6 Å². The Labute approximate surface area is 128 Å². The Balaban J connectivity index is 1.91. The lowest BCUT2D eigenvalue weighted by Crippen LogP contribution is -2.18. The van der Waals surface area contributed by atoms with Crippen molar-refractivity contribution in [3.8, 4) is 0 Å². The summed E-state index contributed by atoms with van der Waals surface area (Å²) in [6.45, 7) is 0.976. The second kappa shape index (κ2) is 7.20. The Bertz CT molecular complexity index is 629. The first-order valence-corrected chi connectivity index (χ1v) is 6.93. The van der Waals surface area contributed by atoms with Gasteiger partial charge in [-0.2, -0.15) is 0 Å². The second-order valence-corrected chi connectivity index (χ2v) is 5.05. The minimum absolute atomic E-state index is 0.115. The van der Waals surface area contributed by atoms with Crippen molar-refractivity contribution < 1.29 is 9.18 Å². The molecule has 0 unspecified atom stereocenters. The molecular weight excluding hydrogens is 291 g/mol. The maximum absolute atomic E-state index is 13.5. The lowest BCUT2D eigenvalue weighted by Gasteiger charge is -2.07. The summed E-state index contributed by atoms with van der Waals surface area (Å²) < 4.78 is 13.5. The molecule has 2 aromatic carbocycles. The molecule has 5 heteroatoms. The van der Waals surface area contributed by atoms with Crippen molar-refractivity contribution in [2.75, 3.05) is 7.05 Å². The lowest BCUT2D eigenvalue weighted by atomic mass is 10.1. The highest BCUT2D eigenvalue weighted by Crippen LogP contribution is 2.14. The zero-order valence-corrected chi connectivity index (χ0v) is 12.4. The van der Waals surface area contributed by atoms with E-state index in [1.165, 1.54) is 12.1 Å². The Morgan fingerprint density at radius 3 is 2.52 bits per heavy atom. The van der Waals surface area contributed by atoms with E-state index in [2.05, 4.69) is 10.6 Å². The van der Waals surface area contributed by atoms with Crippen molar-refractivity contribution >= 4 is 17.5 Å². The molecule has 0 bridgehead atoms. The summed E-state index contributed by atoms with van der Waals surface area (Å²) in [4.78, 5) is 11.4. The van der Waals surface area contributed by atoms with E-state index >= 15 is 0 Å². The second-order valence-electron chi connectivity index (χ2n) is 4.62. The molecule has 0 spiro atoms. The summed E-state index contributed by atoms with van der Waals surface area (Å²) in [5, 5.41) is 6.23. The number of halogens is 2. The average Bonchev–Trinajstić information content (AvgIpc) is 2.50. The zero-order chi connectivity index (χ0) is 15.2. The van der Waals surface area contributed by atoms with Gasteiger partial charge in [0.15, 0.2) is 0 Å². The van der Waals surface area contributed by atoms with Gasteiger partial charge in [0.05, 0.1) is 0 Å². The molecule has 0 heterocycles. The van der Waals surface area contributed by atoms with E-state index < -0.39 is 0 Å². The number of carbonyl (C=O) groups is 1. The Morgan fingerprint density at radius 1 is 1.14 bits per heavy atom. The quantitative estimate of drug-likeness (QED) is 0.891. The van der Waals surface area contributed by atoms with E-state index in [1.807, 2.05) is 12.1 Å². The number of nitrogens with one attached hydrogen (secondary N) is 2. The number of hydrogen-bond donors (Lipinski definition) is 2. The summed E-state index contributed by atoms with van der Waals surface area (Å²) in [5.41, 5.74) is 2.16. The van der Waals surface area contributed by atoms with Crippen LogP contribution in [-0.2, 0) is 13.1 Å². The highest BCUT2D eigenvalue weighted by molar-refractivity contribution is 6.30. The fourth-order valence-electron chi connectivity index (χ4n) is 1.94. The van der Waals surface area contributed by atoms with E-state index in [1.54, 1.807) is 25.2 Å². The molecule has 3 nitrogen and oxygen atoms in total. The molecule has 1 amide bonds. The highest BCUT2D eigenvalue weighted by Gasteiger charge is 2.04. The first kappa shape index (κ1) is 15.5. The summed E-state index contributed by atoms with van der Waals surface area (Å²) in [6.07, 6.45) is 0. The third-order valence-electron chi connectivity index (χ3n) is 3.10. The Hall–Kier alpha value is -1.91. The molecule has 0 aliphatic carbocycles. The van der Waals surface area contributed by atoms with Crippen LogP contribution in [0.15, 0.2) is 42.5 Å². The molecule has 0 aromatic heterocycles. The SMILES string of the molecule is CNC(=O)c1ccc(CNCc2cc(Cl)ccc2F)cc1. The monoisotopic (exact) mass is 306 g/mol. The lowest BCUT2D eigenvalue weighted by molar-refractivity contribution is 0.0963. The first-order valence-electron chi connectivity index (χ1n) is 6.56. The molecule has 0 aliphatic heterocycles. The molecule has 0 saturated carbocycles. The van der Waals surface area contributed by atoms with Crippen LogP contribution in [0.1, 0.15) is 21.5 Å². The van der Waals surface area contributed by atoms with E-state index in [4.69, 9.17) is 11.6 Å². The third kappa shape index (κ3) is 4.28. The van der Waals surface area contributed by atoms with E-state index in [0.717, 1.165) is 5.56 Å². The van der Waals surface area contributed by atoms with Gasteiger partial charge in [0, 0.05) is 36.3 Å². The van der Waals surface area contributed by atoms with Gasteiger partial charge in [-0.15, -0.1) is 0 Å². The molecule has 0 radical (unpaired) electrons. The zero-order valence-electron chi connectivity index (χ0n) is 11.6. The van der Waals surface area contributed by atoms with Crippen molar-refractivity contribution in [2.45, 2.75) is 13.1 Å². The topological polar surface area (TPSA) is 41.1 Å². The normalized spacial score (nSPS) is 10.4. The van der Waals surface area contributed by atoms with Gasteiger partial charge < -0.3 is 10.6 Å². The molecule has 0 aliphatic rings. The number of benzene rings is 2. The molecule has 0 fully saturated rings. The van der Waals surface area contributed by atoms with Crippen LogP contribution in [0, 0.1) is 5.82 Å². The van der Waals surface area contributed by atoms with Gasteiger partial charge >= 0.3 is 0 Å². The summed E-state index contributed by atoms with van der Waals surface area (Å²) in [7, 11) is 1.59. The van der Waals surface area contributed by atoms with Gasteiger partial charge in [-0.1, -0.05) is 23.7 Å². The standard InChI is InChI=1S/C16H16ClFN2O/c1-19-16(21)12-4-2-11(3-5-12)9-20-10-13-8-14(17)6-7-15(13)18/h2-8,20H,9-10H2,1H3,(H,19,21). The van der Waals surface area contributed by atoms with Crippen LogP contribution in [0.25, 0.3) is 0 Å². The molecule has 110 valence electrons. The molecule has 21 heavy (non-hydrogen) atoms. The maximum Gasteiger partial charge on any atom is 0.251 e. The molecule has 2 rings (SSSR count). The van der Waals surface area contributed by atoms with Crippen LogP contribution >= 0.6 is 11.6 Å². The van der Waals surface area contributed by atoms with Crippen molar-refractivity contribution in [3.63, 3.8) is 0 Å². The van der Waals surface area contributed by atoms with Crippen molar-refractivity contribution in [1.82, 2.24) is 10.6 Å². The molecule has 2 aromatic rings. The van der Waals surface area contributed by atoms with E-state index in [9.17, 15) is 9.18 Å². The van der Waals surface area contributed by atoms with E-state index in [0.29, 0.717) is 29.2 Å². The van der Waals surface area contributed by atoms with Gasteiger partial charge in [-0.3, -0.25) is 4.79 Å². The molecular formula is C16H16ClFN2O. The number of carbonyl (C=O) groups excluding carboxylic acids is 1. The fraction of sp³-hybridized carbons (Fsp3) is 0.188. The van der Waals surface area contributed by atoms with Crippen molar-refractivity contribution in [1.29, 1.82) is 0 Å².